The number of fused-ring (bicyclic) bond motifs is 1. The molecule has 2 aromatic carbocycles. The smallest absolute Gasteiger partial charge is 0.491 e. The van der Waals surface area contributed by atoms with Gasteiger partial charge < -0.3 is 19.9 Å². The number of nitrogens with zero attached hydrogens (tertiary/aromatic N) is 1. The van der Waals surface area contributed by atoms with E-state index in [0.717, 1.165) is 12.1 Å². The van der Waals surface area contributed by atoms with Crippen molar-refractivity contribution in [2.75, 3.05) is 6.61 Å². The number of amides is 1. The van der Waals surface area contributed by atoms with Gasteiger partial charge in [0.05, 0.1) is 12.7 Å². The molecule has 1 aromatic heterocycles. The summed E-state index contributed by atoms with van der Waals surface area (Å²) < 4.78 is 61.8. The lowest BCUT2D eigenvalue weighted by Gasteiger charge is -2.39. The number of pyridine rings is 1. The Kier molecular flexibility index (Phi) is 6.18. The predicted molar refractivity (Wildman–Crippen MR) is 113 cm³/mol. The van der Waals surface area contributed by atoms with Crippen LogP contribution in [0.2, 0.25) is 0 Å². The van der Waals surface area contributed by atoms with Crippen LogP contribution in [0.25, 0.3) is 0 Å². The Labute approximate surface area is 192 Å². The van der Waals surface area contributed by atoms with E-state index in [4.69, 9.17) is 4.74 Å². The molecule has 4 rings (SSSR count). The Balaban J connectivity index is 1.77. The molecule has 3 aromatic rings. The van der Waals surface area contributed by atoms with Gasteiger partial charge in [-0.2, -0.15) is 0 Å². The summed E-state index contributed by atoms with van der Waals surface area (Å²) in [7, 11) is 0. The molecule has 0 saturated heterocycles. The number of halogens is 4. The largest absolute Gasteiger partial charge is 0.573 e. The van der Waals surface area contributed by atoms with Crippen molar-refractivity contribution in [2.45, 2.75) is 31.3 Å². The minimum absolute atomic E-state index is 0.141. The van der Waals surface area contributed by atoms with Gasteiger partial charge >= 0.3 is 6.36 Å². The summed E-state index contributed by atoms with van der Waals surface area (Å²) in [5, 5.41) is 12.6. The fraction of sp³-hybridized carbons (Fsp3) is 0.250. The third-order valence-corrected chi connectivity index (χ3v) is 5.54. The number of carbonyl (C=O) groups excluding carboxylic acids is 1. The number of carbonyl (C=O) groups is 1. The minimum atomic E-state index is -5.06. The van der Waals surface area contributed by atoms with E-state index in [-0.39, 0.29) is 24.2 Å². The second kappa shape index (κ2) is 8.94. The standard InChI is InChI=1S/C24H20F4N2O4/c1-14(31)15-4-6-16(7-5-15)22(32)30-23(10-12-33-20-3-2-11-29-21(20)23)17-8-9-19(18(25)13-17)34-24(26,27)28/h2-9,11,13-14,31H,10,12H2,1H3,(H,30,32)/t14-,23-/m0/s1. The first-order valence-electron chi connectivity index (χ1n) is 10.3. The van der Waals surface area contributed by atoms with Gasteiger partial charge in [0, 0.05) is 18.2 Å². The van der Waals surface area contributed by atoms with Crippen molar-refractivity contribution < 1.29 is 36.9 Å². The molecule has 2 N–H and O–H groups in total. The van der Waals surface area contributed by atoms with E-state index < -0.39 is 35.5 Å². The SMILES string of the molecule is C[C@H](O)c1ccc(C(=O)N[C@]2(c3ccc(OC(F)(F)F)c(F)c3)CCOc3cccnc32)cc1. The average molecular weight is 476 g/mol. The van der Waals surface area contributed by atoms with Crippen LogP contribution in [0.1, 0.15) is 46.6 Å². The molecule has 0 aliphatic carbocycles. The zero-order valence-electron chi connectivity index (χ0n) is 17.9. The van der Waals surface area contributed by atoms with Crippen molar-refractivity contribution >= 4 is 5.91 Å². The summed E-state index contributed by atoms with van der Waals surface area (Å²) in [4.78, 5) is 17.6. The number of aromatic nitrogens is 1. The Morgan fingerprint density at radius 3 is 2.59 bits per heavy atom. The Hall–Kier alpha value is -3.66. The molecule has 6 nitrogen and oxygen atoms in total. The predicted octanol–water partition coefficient (Wildman–Crippen LogP) is 4.63. The van der Waals surface area contributed by atoms with Gasteiger partial charge in [-0.1, -0.05) is 18.2 Å². The van der Waals surface area contributed by atoms with Gasteiger partial charge in [-0.25, -0.2) is 4.39 Å². The van der Waals surface area contributed by atoms with Crippen LogP contribution < -0.4 is 14.8 Å². The molecule has 0 saturated carbocycles. The van der Waals surface area contributed by atoms with Gasteiger partial charge in [-0.3, -0.25) is 9.78 Å². The molecule has 0 fully saturated rings. The van der Waals surface area contributed by atoms with Crippen LogP contribution in [0.15, 0.2) is 60.8 Å². The van der Waals surface area contributed by atoms with Crippen molar-refractivity contribution in [3.05, 3.63) is 89.0 Å². The summed E-state index contributed by atoms with van der Waals surface area (Å²) in [6.45, 7) is 1.73. The van der Waals surface area contributed by atoms with Gasteiger partial charge in [0.2, 0.25) is 0 Å². The molecule has 1 amide bonds. The van der Waals surface area contributed by atoms with Crippen LogP contribution in [0.5, 0.6) is 11.5 Å². The number of rotatable bonds is 5. The third kappa shape index (κ3) is 4.67. The quantitative estimate of drug-likeness (QED) is 0.525. The number of aliphatic hydroxyl groups excluding tert-OH is 1. The van der Waals surface area contributed by atoms with Crippen LogP contribution in [0, 0.1) is 5.82 Å². The van der Waals surface area contributed by atoms with Crippen molar-refractivity contribution in [1.29, 1.82) is 0 Å². The number of hydrogen-bond acceptors (Lipinski definition) is 5. The zero-order chi connectivity index (χ0) is 24.5. The van der Waals surface area contributed by atoms with Crippen LogP contribution >= 0.6 is 0 Å². The zero-order valence-corrected chi connectivity index (χ0v) is 17.9. The summed E-state index contributed by atoms with van der Waals surface area (Å²) in [5.41, 5.74) is -0.0281. The molecule has 1 aliphatic heterocycles. The molecule has 0 bridgehead atoms. The fourth-order valence-electron chi connectivity index (χ4n) is 3.89. The Bertz CT molecular complexity index is 1200. The molecule has 34 heavy (non-hydrogen) atoms. The molecule has 10 heteroatoms. The van der Waals surface area contributed by atoms with E-state index in [1.54, 1.807) is 31.2 Å². The highest BCUT2D eigenvalue weighted by molar-refractivity contribution is 5.95. The normalized spacial score (nSPS) is 18.4. The van der Waals surface area contributed by atoms with Crippen molar-refractivity contribution in [3.63, 3.8) is 0 Å². The molecule has 2 atom stereocenters. The molecule has 0 unspecified atom stereocenters. The van der Waals surface area contributed by atoms with Crippen LogP contribution in [-0.2, 0) is 5.54 Å². The van der Waals surface area contributed by atoms with Crippen LogP contribution in [0.4, 0.5) is 17.6 Å². The van der Waals surface area contributed by atoms with Gasteiger partial charge in [-0.15, -0.1) is 13.2 Å². The lowest BCUT2D eigenvalue weighted by atomic mass is 9.81. The number of alkyl halides is 3. The molecule has 0 spiro atoms. The lowest BCUT2D eigenvalue weighted by Crippen LogP contribution is -2.50. The molecule has 1 aliphatic rings. The average Bonchev–Trinajstić information content (AvgIpc) is 2.79. The number of aliphatic hydroxyl groups is 1. The first-order chi connectivity index (χ1) is 16.1. The van der Waals surface area contributed by atoms with Gasteiger partial charge in [-0.05, 0) is 54.4 Å². The van der Waals surface area contributed by atoms with Gasteiger partial charge in [0.25, 0.3) is 5.91 Å². The van der Waals surface area contributed by atoms with Gasteiger partial charge in [0.1, 0.15) is 17.0 Å². The highest BCUT2D eigenvalue weighted by Crippen LogP contribution is 2.42. The third-order valence-electron chi connectivity index (χ3n) is 5.54. The van der Waals surface area contributed by atoms with E-state index >= 15 is 0 Å². The van der Waals surface area contributed by atoms with Crippen LogP contribution in [-0.4, -0.2) is 29.0 Å². The van der Waals surface area contributed by atoms with E-state index in [2.05, 4.69) is 15.0 Å². The molecule has 2 heterocycles. The summed E-state index contributed by atoms with van der Waals surface area (Å²) in [6, 6.07) is 12.5. The first kappa shape index (κ1) is 23.5. The first-order valence-corrected chi connectivity index (χ1v) is 10.3. The molecule has 0 radical (unpaired) electrons. The number of hydrogen-bond donors (Lipinski definition) is 2. The van der Waals surface area contributed by atoms with Crippen molar-refractivity contribution in [1.82, 2.24) is 10.3 Å². The van der Waals surface area contributed by atoms with E-state index in [1.165, 1.54) is 24.4 Å². The van der Waals surface area contributed by atoms with E-state index in [9.17, 15) is 27.5 Å². The van der Waals surface area contributed by atoms with E-state index in [1.807, 2.05) is 0 Å². The fourth-order valence-corrected chi connectivity index (χ4v) is 3.89. The van der Waals surface area contributed by atoms with Crippen molar-refractivity contribution in [3.8, 4) is 11.5 Å². The van der Waals surface area contributed by atoms with Crippen molar-refractivity contribution in [2.24, 2.45) is 0 Å². The minimum Gasteiger partial charge on any atom is -0.491 e. The maximum absolute atomic E-state index is 14.6. The number of nitrogens with one attached hydrogen (secondary N) is 1. The molecular formula is C24H20F4N2O4. The van der Waals surface area contributed by atoms with Gasteiger partial charge in [0.15, 0.2) is 11.6 Å². The maximum atomic E-state index is 14.6. The summed E-state index contributed by atoms with van der Waals surface area (Å²) in [5.74, 6) is -2.39. The maximum Gasteiger partial charge on any atom is 0.573 e. The van der Waals surface area contributed by atoms with E-state index in [0.29, 0.717) is 17.0 Å². The lowest BCUT2D eigenvalue weighted by molar-refractivity contribution is -0.275. The topological polar surface area (TPSA) is 80.7 Å². The van der Waals surface area contributed by atoms with Crippen LogP contribution in [0.3, 0.4) is 0 Å². The monoisotopic (exact) mass is 476 g/mol. The highest BCUT2D eigenvalue weighted by Gasteiger charge is 2.43. The molecule has 178 valence electrons. The summed E-state index contributed by atoms with van der Waals surface area (Å²) in [6.07, 6.45) is -4.15. The number of ether oxygens (including phenoxy) is 2. The highest BCUT2D eigenvalue weighted by atomic mass is 19.4. The molecular weight excluding hydrogens is 456 g/mol. The second-order valence-corrected chi connectivity index (χ2v) is 7.80. The number of benzene rings is 2. The Morgan fingerprint density at radius 1 is 1.21 bits per heavy atom. The summed E-state index contributed by atoms with van der Waals surface area (Å²) >= 11 is 0. The second-order valence-electron chi connectivity index (χ2n) is 7.80. The Morgan fingerprint density at radius 2 is 1.94 bits per heavy atom.